The molecule has 1 aliphatic rings. The van der Waals surface area contributed by atoms with Crippen molar-refractivity contribution in [2.45, 2.75) is 6.18 Å². The molecule has 0 bridgehead atoms. The van der Waals surface area contributed by atoms with Crippen molar-refractivity contribution in [3.63, 3.8) is 0 Å². The summed E-state index contributed by atoms with van der Waals surface area (Å²) in [6.07, 6.45) is -4.43. The fourth-order valence-electron chi connectivity index (χ4n) is 1.50. The van der Waals surface area contributed by atoms with Crippen LogP contribution in [0.3, 0.4) is 0 Å². The second-order valence-corrected chi connectivity index (χ2v) is 4.63. The Morgan fingerprint density at radius 2 is 1.83 bits per heavy atom. The molecule has 2 amide bonds. The Balaban J connectivity index is 2.19. The summed E-state index contributed by atoms with van der Waals surface area (Å²) in [5.74, 6) is -0.394. The van der Waals surface area contributed by atoms with E-state index >= 15 is 0 Å². The Labute approximate surface area is 105 Å². The van der Waals surface area contributed by atoms with Crippen LogP contribution in [0.1, 0.15) is 15.9 Å². The molecule has 2 rings (SSSR count). The molecule has 0 aliphatic carbocycles. The van der Waals surface area contributed by atoms with E-state index in [4.69, 9.17) is 0 Å². The predicted molar refractivity (Wildman–Crippen MR) is 59.9 cm³/mol. The molecule has 1 aliphatic heterocycles. The molecular formula is C11H8F3NO2S. The van der Waals surface area contributed by atoms with E-state index in [2.05, 4.69) is 0 Å². The van der Waals surface area contributed by atoms with Gasteiger partial charge in [0.15, 0.2) is 0 Å². The van der Waals surface area contributed by atoms with Crippen molar-refractivity contribution in [2.75, 3.05) is 11.6 Å². The summed E-state index contributed by atoms with van der Waals surface area (Å²) in [5.41, 5.74) is -0.736. The second kappa shape index (κ2) is 4.64. The Morgan fingerprint density at radius 3 is 2.28 bits per heavy atom. The second-order valence-electron chi connectivity index (χ2n) is 3.68. The molecule has 1 heterocycles. The van der Waals surface area contributed by atoms with Gasteiger partial charge in [0.2, 0.25) is 5.91 Å². The van der Waals surface area contributed by atoms with E-state index in [0.29, 0.717) is 0 Å². The molecule has 96 valence electrons. The molecule has 1 saturated heterocycles. The zero-order valence-electron chi connectivity index (χ0n) is 9.03. The van der Waals surface area contributed by atoms with E-state index in [1.54, 1.807) is 0 Å². The summed E-state index contributed by atoms with van der Waals surface area (Å²) in [6, 6.07) is 3.84. The average Bonchev–Trinajstić information content (AvgIpc) is 2.73. The fourth-order valence-corrected chi connectivity index (χ4v) is 2.37. The van der Waals surface area contributed by atoms with Gasteiger partial charge in [-0.05, 0) is 24.3 Å². The van der Waals surface area contributed by atoms with Gasteiger partial charge in [0.25, 0.3) is 5.91 Å². The first-order chi connectivity index (χ1) is 8.39. The molecule has 0 saturated carbocycles. The highest BCUT2D eigenvalue weighted by Crippen LogP contribution is 2.29. The molecule has 0 radical (unpaired) electrons. The third-order valence-electron chi connectivity index (χ3n) is 2.45. The number of amides is 2. The van der Waals surface area contributed by atoms with E-state index in [0.717, 1.165) is 29.2 Å². The minimum absolute atomic E-state index is 0.0823. The Kier molecular flexibility index (Phi) is 3.34. The maximum absolute atomic E-state index is 12.3. The quantitative estimate of drug-likeness (QED) is 0.738. The standard InChI is InChI=1S/C11H8F3NO2S/c12-11(13,14)8-3-1-7(2-4-8)10(17)15-6-18-5-9(15)16/h1-4H,5-6H2. The fraction of sp³-hybridized carbons (Fsp3) is 0.273. The Hall–Kier alpha value is -1.50. The number of alkyl halides is 3. The lowest BCUT2D eigenvalue weighted by molar-refractivity contribution is -0.137. The van der Waals surface area contributed by atoms with Gasteiger partial charge in [-0.25, -0.2) is 0 Å². The third kappa shape index (κ3) is 2.50. The van der Waals surface area contributed by atoms with Gasteiger partial charge in [-0.3, -0.25) is 14.5 Å². The van der Waals surface area contributed by atoms with Gasteiger partial charge in [-0.2, -0.15) is 13.2 Å². The molecular weight excluding hydrogens is 267 g/mol. The highest BCUT2D eigenvalue weighted by atomic mass is 32.2. The summed E-state index contributed by atoms with van der Waals surface area (Å²) >= 11 is 1.30. The first kappa shape index (κ1) is 12.9. The van der Waals surface area contributed by atoms with Gasteiger partial charge in [0, 0.05) is 5.56 Å². The first-order valence-corrected chi connectivity index (χ1v) is 6.15. The van der Waals surface area contributed by atoms with Crippen LogP contribution in [0.4, 0.5) is 13.2 Å². The number of thioether (sulfide) groups is 1. The smallest absolute Gasteiger partial charge is 0.273 e. The van der Waals surface area contributed by atoms with Crippen LogP contribution in [-0.4, -0.2) is 28.3 Å². The van der Waals surface area contributed by atoms with Crippen LogP contribution in [0.2, 0.25) is 0 Å². The molecule has 0 aromatic heterocycles. The number of benzene rings is 1. The summed E-state index contributed by atoms with van der Waals surface area (Å²) < 4.78 is 37.0. The van der Waals surface area contributed by atoms with E-state index in [1.807, 2.05) is 0 Å². The van der Waals surface area contributed by atoms with Crippen molar-refractivity contribution in [3.8, 4) is 0 Å². The zero-order valence-corrected chi connectivity index (χ0v) is 9.85. The number of hydrogen-bond acceptors (Lipinski definition) is 3. The minimum atomic E-state index is -4.43. The summed E-state index contributed by atoms with van der Waals surface area (Å²) in [7, 11) is 0. The van der Waals surface area contributed by atoms with Crippen LogP contribution < -0.4 is 0 Å². The normalized spacial score (nSPS) is 16.2. The van der Waals surface area contributed by atoms with Gasteiger partial charge in [-0.15, -0.1) is 11.8 Å². The Morgan fingerprint density at radius 1 is 1.22 bits per heavy atom. The van der Waals surface area contributed by atoms with E-state index in [-0.39, 0.29) is 23.1 Å². The van der Waals surface area contributed by atoms with Crippen molar-refractivity contribution in [1.29, 1.82) is 0 Å². The van der Waals surface area contributed by atoms with Gasteiger partial charge in [-0.1, -0.05) is 0 Å². The summed E-state index contributed by atoms with van der Waals surface area (Å²) in [4.78, 5) is 24.2. The largest absolute Gasteiger partial charge is 0.416 e. The van der Waals surface area contributed by atoms with Crippen molar-refractivity contribution in [3.05, 3.63) is 35.4 Å². The van der Waals surface area contributed by atoms with E-state index < -0.39 is 17.6 Å². The van der Waals surface area contributed by atoms with E-state index in [9.17, 15) is 22.8 Å². The highest BCUT2D eigenvalue weighted by molar-refractivity contribution is 8.00. The van der Waals surface area contributed by atoms with Crippen LogP contribution in [0.15, 0.2) is 24.3 Å². The molecule has 1 fully saturated rings. The average molecular weight is 275 g/mol. The van der Waals surface area contributed by atoms with Crippen molar-refractivity contribution in [2.24, 2.45) is 0 Å². The molecule has 0 N–H and O–H groups in total. The SMILES string of the molecule is O=C1CSCN1C(=O)c1ccc(C(F)(F)F)cc1. The summed E-state index contributed by atoms with van der Waals surface area (Å²) in [5, 5.41) is 0. The first-order valence-electron chi connectivity index (χ1n) is 4.99. The molecule has 3 nitrogen and oxygen atoms in total. The van der Waals surface area contributed by atoms with Gasteiger partial charge in [0.05, 0.1) is 17.2 Å². The molecule has 1 aromatic carbocycles. The van der Waals surface area contributed by atoms with Crippen LogP contribution in [0.25, 0.3) is 0 Å². The molecule has 18 heavy (non-hydrogen) atoms. The minimum Gasteiger partial charge on any atom is -0.273 e. The number of carbonyl (C=O) groups excluding carboxylic acids is 2. The van der Waals surface area contributed by atoms with Crippen LogP contribution in [-0.2, 0) is 11.0 Å². The lowest BCUT2D eigenvalue weighted by atomic mass is 10.1. The maximum Gasteiger partial charge on any atom is 0.416 e. The molecule has 1 aromatic rings. The van der Waals surface area contributed by atoms with Crippen molar-refractivity contribution < 1.29 is 22.8 Å². The van der Waals surface area contributed by atoms with Crippen LogP contribution >= 0.6 is 11.8 Å². The number of carbonyl (C=O) groups is 2. The number of halogens is 3. The molecule has 7 heteroatoms. The third-order valence-corrected chi connectivity index (χ3v) is 3.34. The van der Waals surface area contributed by atoms with Crippen LogP contribution in [0.5, 0.6) is 0 Å². The monoisotopic (exact) mass is 275 g/mol. The number of hydrogen-bond donors (Lipinski definition) is 0. The zero-order chi connectivity index (χ0) is 13.3. The van der Waals surface area contributed by atoms with Gasteiger partial charge in [0.1, 0.15) is 0 Å². The van der Waals surface area contributed by atoms with Gasteiger partial charge < -0.3 is 0 Å². The summed E-state index contributed by atoms with van der Waals surface area (Å²) in [6.45, 7) is 0. The highest BCUT2D eigenvalue weighted by Gasteiger charge is 2.31. The maximum atomic E-state index is 12.3. The van der Waals surface area contributed by atoms with Crippen LogP contribution in [0, 0.1) is 0 Å². The number of rotatable bonds is 1. The van der Waals surface area contributed by atoms with E-state index in [1.165, 1.54) is 11.8 Å². The Bertz CT molecular complexity index is 484. The topological polar surface area (TPSA) is 37.4 Å². The number of nitrogens with zero attached hydrogens (tertiary/aromatic N) is 1. The molecule has 0 unspecified atom stereocenters. The lowest BCUT2D eigenvalue weighted by Gasteiger charge is -2.13. The molecule has 0 spiro atoms. The van der Waals surface area contributed by atoms with Gasteiger partial charge >= 0.3 is 6.18 Å². The lowest BCUT2D eigenvalue weighted by Crippen LogP contribution is -2.32. The van der Waals surface area contributed by atoms with Crippen molar-refractivity contribution in [1.82, 2.24) is 4.90 Å². The predicted octanol–water partition coefficient (Wildman–Crippen LogP) is 2.38. The number of imide groups is 1. The van der Waals surface area contributed by atoms with Crippen molar-refractivity contribution >= 4 is 23.6 Å². The molecule has 0 atom stereocenters.